The summed E-state index contributed by atoms with van der Waals surface area (Å²) in [7, 11) is 0.459. The molecule has 0 radical (unpaired) electrons. The van der Waals surface area contributed by atoms with Crippen molar-refractivity contribution in [3.8, 4) is 11.5 Å². The summed E-state index contributed by atoms with van der Waals surface area (Å²) in [5.74, 6) is 1.19. The Hall–Kier alpha value is -3.82. The zero-order valence-corrected chi connectivity index (χ0v) is 23.3. The number of aromatic amines is 1. The van der Waals surface area contributed by atoms with Crippen molar-refractivity contribution in [3.63, 3.8) is 0 Å². The van der Waals surface area contributed by atoms with E-state index in [0.717, 1.165) is 42.6 Å². The molecule has 39 heavy (non-hydrogen) atoms. The normalized spacial score (nSPS) is 12.4. The van der Waals surface area contributed by atoms with Gasteiger partial charge < -0.3 is 24.7 Å². The fourth-order valence-corrected chi connectivity index (χ4v) is 5.31. The number of nitrogens with zero attached hydrogens (tertiary/aromatic N) is 1. The highest BCUT2D eigenvalue weighted by Gasteiger charge is 2.18. The van der Waals surface area contributed by atoms with E-state index in [1.807, 2.05) is 36.5 Å². The van der Waals surface area contributed by atoms with Gasteiger partial charge in [0.15, 0.2) is 16.4 Å². The minimum Gasteiger partial charge on any atom is -0.496 e. The first kappa shape index (κ1) is 28.2. The molecule has 1 amide bonds. The summed E-state index contributed by atoms with van der Waals surface area (Å²) in [6, 6.07) is 22.2. The molecule has 0 bridgehead atoms. The second-order valence-electron chi connectivity index (χ2n) is 9.77. The number of fused-ring (bicyclic) bond motifs is 1. The summed E-state index contributed by atoms with van der Waals surface area (Å²) >= 11 is 0. The number of aromatic nitrogens is 1. The molecule has 1 atom stereocenters. The first-order chi connectivity index (χ1) is 18.7. The van der Waals surface area contributed by atoms with Crippen molar-refractivity contribution in [1.29, 1.82) is 0 Å². The molecule has 3 aromatic carbocycles. The first-order valence-electron chi connectivity index (χ1n) is 12.8. The number of benzene rings is 3. The number of sulfone groups is 1. The number of H-pyrrole nitrogens is 1. The maximum Gasteiger partial charge on any atom is 0.257 e. The van der Waals surface area contributed by atoms with Crippen molar-refractivity contribution in [1.82, 2.24) is 15.2 Å². The van der Waals surface area contributed by atoms with Gasteiger partial charge in [0.05, 0.1) is 12.0 Å². The van der Waals surface area contributed by atoms with Gasteiger partial charge in [0.1, 0.15) is 11.5 Å². The molecule has 2 N–H and O–H groups in total. The van der Waals surface area contributed by atoms with Crippen LogP contribution in [0.25, 0.3) is 10.9 Å². The molecule has 0 aliphatic carbocycles. The topological polar surface area (TPSA) is 101 Å². The molecule has 206 valence electrons. The van der Waals surface area contributed by atoms with E-state index in [9.17, 15) is 13.2 Å². The van der Waals surface area contributed by atoms with Gasteiger partial charge in [-0.05, 0) is 61.3 Å². The molecule has 0 saturated heterocycles. The summed E-state index contributed by atoms with van der Waals surface area (Å²) in [6.45, 7) is 1.79. The summed E-state index contributed by atoms with van der Waals surface area (Å²) < 4.78 is 34.4. The molecule has 1 unspecified atom stereocenters. The van der Waals surface area contributed by atoms with Crippen LogP contribution >= 0.6 is 0 Å². The van der Waals surface area contributed by atoms with Crippen molar-refractivity contribution in [2.24, 2.45) is 5.92 Å². The molecule has 0 fully saturated rings. The molecule has 0 saturated carbocycles. The van der Waals surface area contributed by atoms with E-state index in [1.165, 1.54) is 23.1 Å². The van der Waals surface area contributed by atoms with Crippen LogP contribution in [-0.2, 0) is 27.6 Å². The van der Waals surface area contributed by atoms with Crippen LogP contribution in [0.4, 0.5) is 0 Å². The van der Waals surface area contributed by atoms with Crippen LogP contribution in [0, 0.1) is 5.92 Å². The van der Waals surface area contributed by atoms with Crippen molar-refractivity contribution in [2.45, 2.75) is 17.9 Å². The SMILES string of the molecule is COc1ccccc1CN(C)CC(CNC(=O)COc1ccc(S(C)(=O)=O)cc1)Cc1c[nH]c2ccccc12. The van der Waals surface area contributed by atoms with Crippen LogP contribution in [0.1, 0.15) is 11.1 Å². The third-order valence-corrected chi connectivity index (χ3v) is 7.72. The van der Waals surface area contributed by atoms with E-state index >= 15 is 0 Å². The van der Waals surface area contributed by atoms with Gasteiger partial charge in [-0.15, -0.1) is 0 Å². The number of nitrogens with one attached hydrogen (secondary N) is 2. The van der Waals surface area contributed by atoms with E-state index in [2.05, 4.69) is 40.4 Å². The molecule has 1 aromatic heterocycles. The van der Waals surface area contributed by atoms with E-state index in [0.29, 0.717) is 12.3 Å². The summed E-state index contributed by atoms with van der Waals surface area (Å²) in [5.41, 5.74) is 3.40. The zero-order chi connectivity index (χ0) is 27.8. The van der Waals surface area contributed by atoms with Crippen molar-refractivity contribution >= 4 is 26.6 Å². The Morgan fingerprint density at radius 2 is 1.72 bits per heavy atom. The first-order valence-corrected chi connectivity index (χ1v) is 14.7. The van der Waals surface area contributed by atoms with Crippen molar-refractivity contribution < 1.29 is 22.7 Å². The molecule has 8 nitrogen and oxygen atoms in total. The van der Waals surface area contributed by atoms with Gasteiger partial charge in [0, 0.05) is 48.6 Å². The number of amides is 1. The monoisotopic (exact) mass is 549 g/mol. The van der Waals surface area contributed by atoms with Gasteiger partial charge in [-0.25, -0.2) is 8.42 Å². The summed E-state index contributed by atoms with van der Waals surface area (Å²) in [4.78, 5) is 18.4. The highest BCUT2D eigenvalue weighted by molar-refractivity contribution is 7.90. The lowest BCUT2D eigenvalue weighted by atomic mass is 9.98. The van der Waals surface area contributed by atoms with Crippen LogP contribution < -0.4 is 14.8 Å². The summed E-state index contributed by atoms with van der Waals surface area (Å²) in [6.07, 6.45) is 3.98. The van der Waals surface area contributed by atoms with Crippen LogP contribution in [0.2, 0.25) is 0 Å². The largest absolute Gasteiger partial charge is 0.496 e. The number of carbonyl (C=O) groups is 1. The third kappa shape index (κ3) is 7.84. The Balaban J connectivity index is 1.39. The number of hydrogen-bond acceptors (Lipinski definition) is 6. The molecule has 4 rings (SSSR count). The number of carbonyl (C=O) groups excluding carboxylic acids is 1. The van der Waals surface area contributed by atoms with E-state index in [4.69, 9.17) is 9.47 Å². The van der Waals surface area contributed by atoms with Gasteiger partial charge in [0.2, 0.25) is 0 Å². The minimum atomic E-state index is -3.29. The average molecular weight is 550 g/mol. The van der Waals surface area contributed by atoms with Gasteiger partial charge in [-0.3, -0.25) is 4.79 Å². The fourth-order valence-electron chi connectivity index (χ4n) is 4.68. The Bertz CT molecular complexity index is 1500. The number of para-hydroxylation sites is 2. The van der Waals surface area contributed by atoms with Gasteiger partial charge in [-0.1, -0.05) is 36.4 Å². The molecule has 0 spiro atoms. The average Bonchev–Trinajstić information content (AvgIpc) is 3.33. The second kappa shape index (κ2) is 12.8. The second-order valence-corrected chi connectivity index (χ2v) is 11.8. The Kier molecular flexibility index (Phi) is 9.27. The molecule has 9 heteroatoms. The van der Waals surface area contributed by atoms with Crippen LogP contribution in [-0.4, -0.2) is 64.3 Å². The third-order valence-electron chi connectivity index (χ3n) is 6.60. The summed E-state index contributed by atoms with van der Waals surface area (Å²) in [5, 5.41) is 4.20. The zero-order valence-electron chi connectivity index (χ0n) is 22.5. The van der Waals surface area contributed by atoms with Crippen molar-refractivity contribution in [2.75, 3.05) is 40.1 Å². The maximum atomic E-state index is 12.7. The Morgan fingerprint density at radius 3 is 2.46 bits per heavy atom. The quantitative estimate of drug-likeness (QED) is 0.261. The Labute approximate surface area is 229 Å². The predicted octanol–water partition coefficient (Wildman–Crippen LogP) is 4.07. The van der Waals surface area contributed by atoms with Gasteiger partial charge in [-0.2, -0.15) is 0 Å². The van der Waals surface area contributed by atoms with Crippen molar-refractivity contribution in [3.05, 3.63) is 90.1 Å². The minimum absolute atomic E-state index is 0.141. The molecule has 4 aromatic rings. The maximum absolute atomic E-state index is 12.7. The predicted molar refractivity (Wildman–Crippen MR) is 153 cm³/mol. The highest BCUT2D eigenvalue weighted by Crippen LogP contribution is 2.23. The smallest absolute Gasteiger partial charge is 0.257 e. The van der Waals surface area contributed by atoms with Gasteiger partial charge >= 0.3 is 0 Å². The molecule has 1 heterocycles. The van der Waals surface area contributed by atoms with E-state index in [1.54, 1.807) is 19.2 Å². The van der Waals surface area contributed by atoms with Crippen LogP contribution in [0.15, 0.2) is 83.9 Å². The molecular weight excluding hydrogens is 514 g/mol. The number of methoxy groups -OCH3 is 1. The molecular formula is C30H35N3O5S. The number of rotatable bonds is 13. The van der Waals surface area contributed by atoms with E-state index < -0.39 is 9.84 Å². The van der Waals surface area contributed by atoms with Crippen LogP contribution in [0.5, 0.6) is 11.5 Å². The standard InChI is InChI=1S/C30H35N3O5S/c1-33(20-23-8-4-7-11-29(23)37-2)19-22(16-24-18-31-28-10-6-5-9-27(24)28)17-32-30(34)21-38-25-12-14-26(15-13-25)39(3,35)36/h4-15,18,22,31H,16-17,19-21H2,1-3H3,(H,32,34). The fraction of sp³-hybridized carbons (Fsp3) is 0.300. The highest BCUT2D eigenvalue weighted by atomic mass is 32.2. The number of ether oxygens (including phenoxy) is 2. The van der Waals surface area contributed by atoms with Gasteiger partial charge in [0.25, 0.3) is 5.91 Å². The molecule has 0 aliphatic rings. The lowest BCUT2D eigenvalue weighted by Crippen LogP contribution is -2.38. The van der Waals surface area contributed by atoms with E-state index in [-0.39, 0.29) is 23.3 Å². The lowest BCUT2D eigenvalue weighted by molar-refractivity contribution is -0.123. The number of hydrogen-bond donors (Lipinski definition) is 2. The molecule has 0 aliphatic heterocycles. The Morgan fingerprint density at radius 1 is 1.00 bits per heavy atom. The lowest BCUT2D eigenvalue weighted by Gasteiger charge is -2.25. The van der Waals surface area contributed by atoms with Crippen LogP contribution in [0.3, 0.4) is 0 Å².